The first-order valence-electron chi connectivity index (χ1n) is 23.6. The molecule has 2 heteroatoms. The van der Waals surface area contributed by atoms with Crippen molar-refractivity contribution in [3.05, 3.63) is 191 Å². The summed E-state index contributed by atoms with van der Waals surface area (Å²) in [5, 5.41) is 5.43. The van der Waals surface area contributed by atoms with Gasteiger partial charge >= 0.3 is 0 Å². The first kappa shape index (κ1) is 39.2. The fraction of sp³-hybridized carbons (Fsp3) is 0.213. The maximum atomic E-state index is 2.46. The summed E-state index contributed by atoms with van der Waals surface area (Å²) in [5.41, 5.74) is 23.7. The van der Waals surface area contributed by atoms with Crippen molar-refractivity contribution in [1.82, 2.24) is 9.13 Å². The molecule has 1 aliphatic carbocycles. The van der Waals surface area contributed by atoms with E-state index in [4.69, 9.17) is 0 Å². The summed E-state index contributed by atoms with van der Waals surface area (Å²) >= 11 is 0. The van der Waals surface area contributed by atoms with E-state index in [-0.39, 0.29) is 0 Å². The predicted molar refractivity (Wildman–Crippen MR) is 270 cm³/mol. The van der Waals surface area contributed by atoms with E-state index < -0.39 is 0 Å². The van der Waals surface area contributed by atoms with Gasteiger partial charge in [-0.2, -0.15) is 0 Å². The van der Waals surface area contributed by atoms with Crippen LogP contribution >= 0.6 is 0 Å². The molecule has 8 aromatic carbocycles. The van der Waals surface area contributed by atoms with Crippen molar-refractivity contribution in [2.75, 3.05) is 0 Å². The van der Waals surface area contributed by atoms with Crippen LogP contribution in [0.4, 0.5) is 0 Å². The summed E-state index contributed by atoms with van der Waals surface area (Å²) in [6.45, 7) is 9.07. The average Bonchev–Trinajstić information content (AvgIpc) is 3.96. The molecule has 0 fully saturated rings. The summed E-state index contributed by atoms with van der Waals surface area (Å²) in [6, 6.07) is 61.0. The third-order valence-corrected chi connectivity index (χ3v) is 13.8. The van der Waals surface area contributed by atoms with Gasteiger partial charge in [-0.1, -0.05) is 126 Å². The minimum atomic E-state index is 0.977. The van der Waals surface area contributed by atoms with Crippen molar-refractivity contribution in [2.45, 2.75) is 85.5 Å². The lowest BCUT2D eigenvalue weighted by Gasteiger charge is -2.12. The van der Waals surface area contributed by atoms with E-state index >= 15 is 0 Å². The van der Waals surface area contributed by atoms with Crippen LogP contribution in [0.25, 0.3) is 88.4 Å². The highest BCUT2D eigenvalue weighted by Crippen LogP contribution is 2.42. The summed E-state index contributed by atoms with van der Waals surface area (Å²) < 4.78 is 4.92. The molecular weight excluding hydrogens is 761 g/mol. The normalized spacial score (nSPS) is 12.3. The fourth-order valence-electron chi connectivity index (χ4n) is 10.7. The lowest BCUT2D eigenvalue weighted by molar-refractivity contribution is 0.923. The van der Waals surface area contributed by atoms with E-state index in [1.165, 1.54) is 122 Å². The van der Waals surface area contributed by atoms with Crippen LogP contribution in [0.5, 0.6) is 0 Å². The fourth-order valence-corrected chi connectivity index (χ4v) is 10.7. The van der Waals surface area contributed by atoms with Crippen molar-refractivity contribution in [3.8, 4) is 44.8 Å². The molecule has 0 saturated carbocycles. The zero-order valence-electron chi connectivity index (χ0n) is 37.3. The predicted octanol–water partition coefficient (Wildman–Crippen LogP) is 16.6. The topological polar surface area (TPSA) is 9.86 Å². The van der Waals surface area contributed by atoms with Crippen molar-refractivity contribution in [3.63, 3.8) is 0 Å². The van der Waals surface area contributed by atoms with Gasteiger partial charge in [-0.15, -0.1) is 0 Å². The van der Waals surface area contributed by atoms with Crippen LogP contribution in [0.1, 0.15) is 86.8 Å². The van der Waals surface area contributed by atoms with E-state index in [9.17, 15) is 0 Å². The minimum absolute atomic E-state index is 0.977. The zero-order valence-corrected chi connectivity index (χ0v) is 37.3. The Balaban J connectivity index is 0.907. The monoisotopic (exact) mass is 816 g/mol. The molecule has 0 aliphatic heterocycles. The van der Waals surface area contributed by atoms with Gasteiger partial charge in [-0.05, 0) is 184 Å². The van der Waals surface area contributed by atoms with Crippen LogP contribution < -0.4 is 0 Å². The SMILES string of the molecule is CCCc1ccc2c(c1)c1cc(CCC)ccc1n2-c1ccc(-c2ccc3c(c2)-c2cc(-c4ccc(-n5c6ccc(CCC)cc6c6cc(CCC)ccc65)cc4)ccc2C3)cc1. The number of nitrogens with zero attached hydrogens (tertiary/aromatic N) is 2. The Hall–Kier alpha value is -6.64. The molecule has 0 amide bonds. The van der Waals surface area contributed by atoms with Gasteiger partial charge in [0.1, 0.15) is 0 Å². The Labute approximate surface area is 372 Å². The van der Waals surface area contributed by atoms with Gasteiger partial charge in [0.05, 0.1) is 22.1 Å². The second-order valence-corrected chi connectivity index (χ2v) is 18.1. The van der Waals surface area contributed by atoms with Crippen LogP contribution in [0.3, 0.4) is 0 Å². The van der Waals surface area contributed by atoms with Gasteiger partial charge in [-0.25, -0.2) is 0 Å². The van der Waals surface area contributed by atoms with E-state index in [0.29, 0.717) is 0 Å². The summed E-state index contributed by atoms with van der Waals surface area (Å²) in [4.78, 5) is 0. The number of benzene rings is 8. The van der Waals surface area contributed by atoms with E-state index in [2.05, 4.69) is 195 Å². The summed E-state index contributed by atoms with van der Waals surface area (Å²) in [6.07, 6.45) is 10.0. The van der Waals surface area contributed by atoms with Gasteiger partial charge < -0.3 is 9.13 Å². The molecule has 2 aromatic heterocycles. The van der Waals surface area contributed by atoms with Gasteiger partial charge in [0.2, 0.25) is 0 Å². The molecule has 310 valence electrons. The summed E-state index contributed by atoms with van der Waals surface area (Å²) in [7, 11) is 0. The van der Waals surface area contributed by atoms with Crippen molar-refractivity contribution in [2.24, 2.45) is 0 Å². The first-order valence-corrected chi connectivity index (χ1v) is 23.6. The van der Waals surface area contributed by atoms with E-state index in [1.54, 1.807) is 0 Å². The lowest BCUT2D eigenvalue weighted by Crippen LogP contribution is -1.94. The molecule has 10 aromatic rings. The third-order valence-electron chi connectivity index (χ3n) is 13.8. The number of aromatic nitrogens is 2. The van der Waals surface area contributed by atoms with Gasteiger partial charge in [0.15, 0.2) is 0 Å². The minimum Gasteiger partial charge on any atom is -0.309 e. The second-order valence-electron chi connectivity index (χ2n) is 18.1. The molecule has 0 saturated heterocycles. The molecule has 0 N–H and O–H groups in total. The number of rotatable bonds is 12. The van der Waals surface area contributed by atoms with Crippen LogP contribution in [0.2, 0.25) is 0 Å². The van der Waals surface area contributed by atoms with Crippen LogP contribution in [0.15, 0.2) is 158 Å². The Kier molecular flexibility index (Phi) is 10.1. The molecule has 11 rings (SSSR count). The Morgan fingerprint density at radius 3 is 0.921 bits per heavy atom. The van der Waals surface area contributed by atoms with Crippen molar-refractivity contribution < 1.29 is 0 Å². The quantitative estimate of drug-likeness (QED) is 0.116. The molecule has 0 bridgehead atoms. The van der Waals surface area contributed by atoms with Gasteiger partial charge in [0.25, 0.3) is 0 Å². The maximum Gasteiger partial charge on any atom is 0.0541 e. The van der Waals surface area contributed by atoms with Crippen molar-refractivity contribution >= 4 is 43.6 Å². The molecule has 1 aliphatic rings. The molecule has 0 unspecified atom stereocenters. The van der Waals surface area contributed by atoms with E-state index in [0.717, 1.165) is 57.8 Å². The molecule has 2 heterocycles. The Morgan fingerprint density at radius 1 is 0.317 bits per heavy atom. The standard InChI is InChI=1S/C61H56N2/c1-5-9-40-13-29-58-54(33-40)55-34-41(10-6-2)14-30-59(55)62(58)50-25-21-44(22-26-50)46-17-19-48-37-49-20-18-47(39-53(49)52(48)38-46)45-23-27-51(28-24-45)63-60-31-15-42(11-7-3)35-56(60)57-36-43(12-8-4)16-32-61(57)63/h13-36,38-39H,5-12,37H2,1-4H3. The molecule has 0 radical (unpaired) electrons. The largest absolute Gasteiger partial charge is 0.309 e. The van der Waals surface area contributed by atoms with Crippen LogP contribution in [-0.4, -0.2) is 9.13 Å². The number of aryl methyl sites for hydroxylation is 4. The van der Waals surface area contributed by atoms with Crippen molar-refractivity contribution in [1.29, 1.82) is 0 Å². The molecule has 63 heavy (non-hydrogen) atoms. The van der Waals surface area contributed by atoms with Crippen LogP contribution in [0, 0.1) is 0 Å². The van der Waals surface area contributed by atoms with E-state index in [1.807, 2.05) is 0 Å². The Bertz CT molecular complexity index is 2980. The third kappa shape index (κ3) is 6.88. The first-order chi connectivity index (χ1) is 31.0. The number of hydrogen-bond acceptors (Lipinski definition) is 0. The van der Waals surface area contributed by atoms with Gasteiger partial charge in [-0.3, -0.25) is 0 Å². The highest BCUT2D eigenvalue weighted by Gasteiger charge is 2.21. The summed E-state index contributed by atoms with van der Waals surface area (Å²) in [5.74, 6) is 0. The highest BCUT2D eigenvalue weighted by molar-refractivity contribution is 6.11. The molecule has 0 spiro atoms. The molecular formula is C61H56N2. The van der Waals surface area contributed by atoms with Gasteiger partial charge in [0, 0.05) is 32.9 Å². The lowest BCUT2D eigenvalue weighted by atomic mass is 9.96. The second kappa shape index (κ2) is 16.2. The highest BCUT2D eigenvalue weighted by atomic mass is 15.0. The maximum absolute atomic E-state index is 2.46. The molecule has 0 atom stereocenters. The average molecular weight is 817 g/mol. The smallest absolute Gasteiger partial charge is 0.0541 e. The number of hydrogen-bond donors (Lipinski definition) is 0. The van der Waals surface area contributed by atoms with Crippen LogP contribution in [-0.2, 0) is 32.1 Å². The Morgan fingerprint density at radius 2 is 0.619 bits per heavy atom. The zero-order chi connectivity index (χ0) is 42.6. The molecule has 2 nitrogen and oxygen atoms in total. The number of fused-ring (bicyclic) bond motifs is 9.